The standard InChI is InChI=1S/C21H23ClFN3O3S/c22-19-6-18(9-24-20(19)25-12-21-7-17(8-21)29-13-21)30(27,28)26-10-15(11-26)5-14-1-3-16(23)4-2-14/h1-4,6,9,15,17H,5,7-8,10-13H2,(H,24,25). The largest absolute Gasteiger partial charge is 0.378 e. The van der Waals surface area contributed by atoms with Crippen LogP contribution < -0.4 is 5.32 Å². The molecule has 0 spiro atoms. The maximum absolute atomic E-state index is 13.0. The van der Waals surface area contributed by atoms with E-state index in [0.29, 0.717) is 30.0 Å². The summed E-state index contributed by atoms with van der Waals surface area (Å²) in [4.78, 5) is 4.37. The van der Waals surface area contributed by atoms with Crippen LogP contribution in [0.5, 0.6) is 0 Å². The monoisotopic (exact) mass is 451 g/mol. The number of anilines is 1. The number of benzene rings is 1. The van der Waals surface area contributed by atoms with Crippen molar-refractivity contribution < 1.29 is 17.5 Å². The molecule has 160 valence electrons. The summed E-state index contributed by atoms with van der Waals surface area (Å²) in [6.45, 7) is 2.34. The molecule has 2 bridgehead atoms. The molecule has 1 saturated carbocycles. The van der Waals surface area contributed by atoms with Gasteiger partial charge in [-0.2, -0.15) is 4.31 Å². The van der Waals surface area contributed by atoms with Crippen molar-refractivity contribution in [2.24, 2.45) is 11.3 Å². The molecule has 3 aliphatic heterocycles. The predicted octanol–water partition coefficient (Wildman–Crippen LogP) is 3.33. The Morgan fingerprint density at radius 3 is 2.63 bits per heavy atom. The molecule has 0 atom stereocenters. The highest BCUT2D eigenvalue weighted by Gasteiger charge is 2.51. The summed E-state index contributed by atoms with van der Waals surface area (Å²) in [5, 5.41) is 3.55. The molecule has 1 N–H and O–H groups in total. The third-order valence-electron chi connectivity index (χ3n) is 6.39. The normalized spacial score (nSPS) is 26.3. The summed E-state index contributed by atoms with van der Waals surface area (Å²) in [7, 11) is -3.63. The molecule has 1 aromatic heterocycles. The third-order valence-corrected chi connectivity index (χ3v) is 8.48. The third kappa shape index (κ3) is 3.70. The second-order valence-electron chi connectivity index (χ2n) is 8.71. The van der Waals surface area contributed by atoms with E-state index >= 15 is 0 Å². The number of halogens is 2. The zero-order chi connectivity index (χ0) is 20.9. The summed E-state index contributed by atoms with van der Waals surface area (Å²) in [6.07, 6.45) is 4.59. The van der Waals surface area contributed by atoms with Gasteiger partial charge in [0.25, 0.3) is 0 Å². The number of fused-ring (bicyclic) bond motifs is 1. The fourth-order valence-electron chi connectivity index (χ4n) is 4.55. The number of hydrogen-bond donors (Lipinski definition) is 1. The smallest absolute Gasteiger partial charge is 0.244 e. The summed E-state index contributed by atoms with van der Waals surface area (Å²) in [5.41, 5.74) is 1.17. The quantitative estimate of drug-likeness (QED) is 0.699. The number of rotatable bonds is 7. The van der Waals surface area contributed by atoms with Gasteiger partial charge in [0.1, 0.15) is 16.5 Å². The van der Waals surface area contributed by atoms with Gasteiger partial charge in [-0.15, -0.1) is 0 Å². The van der Waals surface area contributed by atoms with Gasteiger partial charge in [-0.1, -0.05) is 23.7 Å². The van der Waals surface area contributed by atoms with Crippen molar-refractivity contribution in [2.75, 3.05) is 31.6 Å². The first-order valence-corrected chi connectivity index (χ1v) is 11.9. The lowest BCUT2D eigenvalue weighted by Crippen LogP contribution is -2.50. The van der Waals surface area contributed by atoms with E-state index in [1.165, 1.54) is 28.7 Å². The highest BCUT2D eigenvalue weighted by Crippen LogP contribution is 2.50. The molecule has 2 aromatic rings. The zero-order valence-corrected chi connectivity index (χ0v) is 17.9. The minimum absolute atomic E-state index is 0.101. The van der Waals surface area contributed by atoms with E-state index in [1.807, 2.05) is 0 Å². The van der Waals surface area contributed by atoms with Gasteiger partial charge in [-0.3, -0.25) is 0 Å². The van der Waals surface area contributed by atoms with Crippen LogP contribution in [0.3, 0.4) is 0 Å². The van der Waals surface area contributed by atoms with Crippen LogP contribution >= 0.6 is 11.6 Å². The Labute approximate surface area is 180 Å². The Morgan fingerprint density at radius 2 is 2.00 bits per heavy atom. The van der Waals surface area contributed by atoms with Crippen molar-refractivity contribution in [3.63, 3.8) is 0 Å². The Hall–Kier alpha value is -1.74. The van der Waals surface area contributed by atoms with Gasteiger partial charge in [-0.05, 0) is 48.9 Å². The lowest BCUT2D eigenvalue weighted by Gasteiger charge is -2.38. The van der Waals surface area contributed by atoms with E-state index in [9.17, 15) is 12.8 Å². The Bertz CT molecular complexity index is 1050. The fraction of sp³-hybridized carbons (Fsp3) is 0.476. The maximum atomic E-state index is 13.0. The highest BCUT2D eigenvalue weighted by molar-refractivity contribution is 7.89. The first-order valence-electron chi connectivity index (χ1n) is 10.1. The topological polar surface area (TPSA) is 71.5 Å². The van der Waals surface area contributed by atoms with Gasteiger partial charge in [0, 0.05) is 31.2 Å². The first kappa shape index (κ1) is 20.2. The number of nitrogens with zero attached hydrogens (tertiary/aromatic N) is 2. The van der Waals surface area contributed by atoms with Crippen LogP contribution in [0, 0.1) is 17.2 Å². The summed E-state index contributed by atoms with van der Waals surface area (Å²) >= 11 is 6.32. The molecular weight excluding hydrogens is 429 g/mol. The van der Waals surface area contributed by atoms with E-state index in [2.05, 4.69) is 10.3 Å². The lowest BCUT2D eigenvalue weighted by atomic mass is 9.70. The summed E-state index contributed by atoms with van der Waals surface area (Å²) < 4.78 is 45.8. The van der Waals surface area contributed by atoms with Crippen molar-refractivity contribution in [3.8, 4) is 0 Å². The van der Waals surface area contributed by atoms with Gasteiger partial charge >= 0.3 is 0 Å². The number of nitrogens with one attached hydrogen (secondary N) is 1. The molecule has 6 nitrogen and oxygen atoms in total. The van der Waals surface area contributed by atoms with Crippen LogP contribution in [0.1, 0.15) is 18.4 Å². The SMILES string of the molecule is O=S(=O)(c1cnc(NCC23COC(C2)C3)c(Cl)c1)N1CC(Cc2ccc(F)cc2)C1. The molecule has 4 heterocycles. The second kappa shape index (κ2) is 7.44. The summed E-state index contributed by atoms with van der Waals surface area (Å²) in [5.74, 6) is 0.443. The molecular formula is C21H23ClFN3O3S. The van der Waals surface area contributed by atoms with Gasteiger partial charge < -0.3 is 10.1 Å². The maximum Gasteiger partial charge on any atom is 0.244 e. The molecule has 3 saturated heterocycles. The van der Waals surface area contributed by atoms with Crippen molar-refractivity contribution >= 4 is 27.4 Å². The van der Waals surface area contributed by atoms with Gasteiger partial charge in [0.2, 0.25) is 10.0 Å². The van der Waals surface area contributed by atoms with Crippen LogP contribution in [0.2, 0.25) is 5.02 Å². The average molecular weight is 452 g/mol. The van der Waals surface area contributed by atoms with Crippen LogP contribution in [-0.2, 0) is 21.2 Å². The minimum atomic E-state index is -3.63. The Morgan fingerprint density at radius 1 is 1.27 bits per heavy atom. The van der Waals surface area contributed by atoms with E-state index in [4.69, 9.17) is 16.3 Å². The molecule has 6 rings (SSSR count). The highest BCUT2D eigenvalue weighted by atomic mass is 35.5. The van der Waals surface area contributed by atoms with E-state index in [1.54, 1.807) is 12.1 Å². The van der Waals surface area contributed by atoms with Crippen LogP contribution in [0.25, 0.3) is 0 Å². The molecule has 9 heteroatoms. The number of ether oxygens (including phenoxy) is 1. The van der Waals surface area contributed by atoms with Gasteiger partial charge in [-0.25, -0.2) is 17.8 Å². The molecule has 0 radical (unpaired) electrons. The van der Waals surface area contributed by atoms with Crippen LogP contribution in [0.4, 0.5) is 10.2 Å². The van der Waals surface area contributed by atoms with E-state index in [-0.39, 0.29) is 22.0 Å². The minimum Gasteiger partial charge on any atom is -0.378 e. The van der Waals surface area contributed by atoms with Crippen LogP contribution in [-0.4, -0.2) is 50.1 Å². The number of aromatic nitrogens is 1. The van der Waals surface area contributed by atoms with Crippen molar-refractivity contribution in [1.82, 2.24) is 9.29 Å². The van der Waals surface area contributed by atoms with Crippen molar-refractivity contribution in [1.29, 1.82) is 0 Å². The van der Waals surface area contributed by atoms with Crippen molar-refractivity contribution in [2.45, 2.75) is 30.3 Å². The average Bonchev–Trinajstić information content (AvgIpc) is 3.25. The van der Waals surface area contributed by atoms with Gasteiger partial charge in [0.15, 0.2) is 0 Å². The number of pyridine rings is 1. The first-order chi connectivity index (χ1) is 14.3. The van der Waals surface area contributed by atoms with Gasteiger partial charge in [0.05, 0.1) is 17.7 Å². The molecule has 0 amide bonds. The zero-order valence-electron chi connectivity index (χ0n) is 16.4. The summed E-state index contributed by atoms with van der Waals surface area (Å²) in [6, 6.07) is 7.79. The lowest BCUT2D eigenvalue weighted by molar-refractivity contribution is 0.114. The Kier molecular flexibility index (Phi) is 5.01. The molecule has 0 unspecified atom stereocenters. The number of sulfonamides is 1. The molecule has 1 aliphatic carbocycles. The van der Waals surface area contributed by atoms with E-state index < -0.39 is 10.0 Å². The molecule has 30 heavy (non-hydrogen) atoms. The molecule has 4 aliphatic rings. The second-order valence-corrected chi connectivity index (χ2v) is 11.1. The fourth-order valence-corrected chi connectivity index (χ4v) is 6.41. The molecule has 4 fully saturated rings. The predicted molar refractivity (Wildman–Crippen MR) is 111 cm³/mol. The Balaban J connectivity index is 1.19. The molecule has 1 aromatic carbocycles. The van der Waals surface area contributed by atoms with Crippen molar-refractivity contribution in [3.05, 3.63) is 52.9 Å². The number of hydrogen-bond acceptors (Lipinski definition) is 5. The van der Waals surface area contributed by atoms with E-state index in [0.717, 1.165) is 38.0 Å². The van der Waals surface area contributed by atoms with Crippen LogP contribution in [0.15, 0.2) is 41.4 Å².